The summed E-state index contributed by atoms with van der Waals surface area (Å²) in [5.74, 6) is 1.40. The molecule has 3 aromatic rings. The predicted octanol–water partition coefficient (Wildman–Crippen LogP) is 4.31. The number of benzene rings is 2. The van der Waals surface area contributed by atoms with Crippen LogP contribution in [0.4, 0.5) is 10.2 Å². The molecule has 0 unspecified atom stereocenters. The number of allylic oxidation sites excluding steroid dienone is 1. The summed E-state index contributed by atoms with van der Waals surface area (Å²) in [6, 6.07) is 14.3. The fourth-order valence-electron chi connectivity index (χ4n) is 4.28. The van der Waals surface area contributed by atoms with Crippen molar-refractivity contribution in [1.29, 1.82) is 0 Å². The van der Waals surface area contributed by atoms with Gasteiger partial charge in [-0.2, -0.15) is 0 Å². The number of nitrogens with two attached hydrogens (primary N) is 1. The van der Waals surface area contributed by atoms with Gasteiger partial charge in [-0.15, -0.1) is 0 Å². The van der Waals surface area contributed by atoms with Crippen molar-refractivity contribution in [2.75, 3.05) is 44.7 Å². The van der Waals surface area contributed by atoms with E-state index in [-0.39, 0.29) is 5.82 Å². The predicted molar refractivity (Wildman–Crippen MR) is 143 cm³/mol. The average Bonchev–Trinajstić information content (AvgIpc) is 2.91. The molecule has 0 atom stereocenters. The highest BCUT2D eigenvalue weighted by atomic mass is 19.1. The standard InChI is InChI=1S/C28H33FN6O/c1-20(30)26(21(2)33-18-22-4-10-25(36-3)11-5-22)19-34-14-16-35(17-15-34)28-27(31-12-13-32-28)23-6-8-24(29)9-7-23/h4-13H,14-19,30H2,1-3H3/b26-20-,33-21?. The minimum Gasteiger partial charge on any atom is -0.497 e. The van der Waals surface area contributed by atoms with Crippen LogP contribution in [-0.2, 0) is 6.54 Å². The summed E-state index contributed by atoms with van der Waals surface area (Å²) in [4.78, 5) is 18.6. The number of rotatable bonds is 8. The molecule has 0 spiro atoms. The zero-order valence-electron chi connectivity index (χ0n) is 21.1. The number of hydrogen-bond acceptors (Lipinski definition) is 7. The lowest BCUT2D eigenvalue weighted by Gasteiger charge is -2.36. The van der Waals surface area contributed by atoms with Crippen LogP contribution in [0.15, 0.2) is 77.2 Å². The van der Waals surface area contributed by atoms with Crippen molar-refractivity contribution < 1.29 is 9.13 Å². The fourth-order valence-corrected chi connectivity index (χ4v) is 4.28. The molecule has 2 heterocycles. The van der Waals surface area contributed by atoms with Gasteiger partial charge in [-0.05, 0) is 55.8 Å². The molecule has 1 fully saturated rings. The van der Waals surface area contributed by atoms with E-state index in [1.165, 1.54) is 12.1 Å². The molecule has 7 nitrogen and oxygen atoms in total. The van der Waals surface area contributed by atoms with Gasteiger partial charge in [0.05, 0.1) is 13.7 Å². The van der Waals surface area contributed by atoms with E-state index in [1.54, 1.807) is 31.6 Å². The number of methoxy groups -OCH3 is 1. The van der Waals surface area contributed by atoms with Gasteiger partial charge in [-0.25, -0.2) is 9.37 Å². The van der Waals surface area contributed by atoms with Crippen LogP contribution < -0.4 is 15.4 Å². The summed E-state index contributed by atoms with van der Waals surface area (Å²) in [7, 11) is 1.66. The first-order chi connectivity index (χ1) is 17.4. The smallest absolute Gasteiger partial charge is 0.155 e. The Morgan fingerprint density at radius 2 is 1.64 bits per heavy atom. The number of aliphatic imine (C=N–C) groups is 1. The molecule has 0 amide bonds. The normalized spacial score (nSPS) is 15.6. The summed E-state index contributed by atoms with van der Waals surface area (Å²) in [5, 5.41) is 0. The third-order valence-electron chi connectivity index (χ3n) is 6.42. The van der Waals surface area contributed by atoms with E-state index < -0.39 is 0 Å². The zero-order valence-corrected chi connectivity index (χ0v) is 21.1. The summed E-state index contributed by atoms with van der Waals surface area (Å²) in [5.41, 5.74) is 11.8. The largest absolute Gasteiger partial charge is 0.497 e. The highest BCUT2D eigenvalue weighted by Gasteiger charge is 2.23. The maximum atomic E-state index is 13.4. The molecule has 1 saturated heterocycles. The monoisotopic (exact) mass is 488 g/mol. The van der Waals surface area contributed by atoms with Crippen LogP contribution in [0.5, 0.6) is 5.75 Å². The molecule has 1 aliphatic heterocycles. The van der Waals surface area contributed by atoms with Gasteiger partial charge in [0.15, 0.2) is 5.82 Å². The van der Waals surface area contributed by atoms with E-state index in [2.05, 4.69) is 19.8 Å². The van der Waals surface area contributed by atoms with Gasteiger partial charge in [-0.1, -0.05) is 12.1 Å². The van der Waals surface area contributed by atoms with Crippen molar-refractivity contribution in [2.45, 2.75) is 20.4 Å². The quantitative estimate of drug-likeness (QED) is 0.476. The van der Waals surface area contributed by atoms with Crippen LogP contribution in [0, 0.1) is 5.82 Å². The van der Waals surface area contributed by atoms with E-state index in [4.69, 9.17) is 15.5 Å². The second-order valence-electron chi connectivity index (χ2n) is 8.91. The Bertz CT molecular complexity index is 1210. The van der Waals surface area contributed by atoms with Crippen LogP contribution in [0.3, 0.4) is 0 Å². The Morgan fingerprint density at radius 1 is 0.972 bits per heavy atom. The minimum atomic E-state index is -0.264. The molecule has 1 aliphatic rings. The van der Waals surface area contributed by atoms with Crippen LogP contribution in [0.2, 0.25) is 0 Å². The van der Waals surface area contributed by atoms with Crippen LogP contribution in [-0.4, -0.2) is 60.4 Å². The number of ether oxygens (including phenoxy) is 1. The summed E-state index contributed by atoms with van der Waals surface area (Å²) in [6.45, 7) is 8.66. The van der Waals surface area contributed by atoms with Gasteiger partial charge < -0.3 is 15.4 Å². The molecule has 188 valence electrons. The van der Waals surface area contributed by atoms with Gasteiger partial charge in [-0.3, -0.25) is 14.9 Å². The third kappa shape index (κ3) is 6.26. The van der Waals surface area contributed by atoms with Crippen molar-refractivity contribution in [1.82, 2.24) is 14.9 Å². The maximum absolute atomic E-state index is 13.4. The summed E-state index contributed by atoms with van der Waals surface area (Å²) in [6.07, 6.45) is 3.38. The molecule has 8 heteroatoms. The molecule has 0 bridgehead atoms. The SMILES string of the molecule is COc1ccc(CN=C(C)/C(CN2CCN(c3nccnc3-c3ccc(F)cc3)CC2)=C(/C)N)cc1. The number of hydrogen-bond donors (Lipinski definition) is 1. The van der Waals surface area contributed by atoms with E-state index in [9.17, 15) is 4.39 Å². The average molecular weight is 489 g/mol. The molecule has 1 aromatic heterocycles. The van der Waals surface area contributed by atoms with Gasteiger partial charge in [0.2, 0.25) is 0 Å². The van der Waals surface area contributed by atoms with E-state index in [0.29, 0.717) is 6.54 Å². The first kappa shape index (κ1) is 25.3. The number of halogens is 1. The summed E-state index contributed by atoms with van der Waals surface area (Å²) < 4.78 is 18.6. The maximum Gasteiger partial charge on any atom is 0.155 e. The number of aromatic nitrogens is 2. The number of anilines is 1. The minimum absolute atomic E-state index is 0.264. The van der Waals surface area contributed by atoms with Crippen molar-refractivity contribution in [3.8, 4) is 17.0 Å². The fraction of sp³-hybridized carbons (Fsp3) is 0.321. The summed E-state index contributed by atoms with van der Waals surface area (Å²) >= 11 is 0. The topological polar surface area (TPSA) is 79.9 Å². The Kier molecular flexibility index (Phi) is 8.28. The van der Waals surface area contributed by atoms with Crippen LogP contribution in [0.25, 0.3) is 11.3 Å². The molecule has 4 rings (SSSR count). The Balaban J connectivity index is 1.39. The molecule has 0 radical (unpaired) electrons. The van der Waals surface area contributed by atoms with Crippen molar-refractivity contribution in [2.24, 2.45) is 10.7 Å². The molecule has 0 saturated carbocycles. The zero-order chi connectivity index (χ0) is 25.5. The molecule has 2 N–H and O–H groups in total. The Hall–Kier alpha value is -3.78. The molecular weight excluding hydrogens is 455 g/mol. The van der Waals surface area contributed by atoms with E-state index in [1.807, 2.05) is 38.1 Å². The first-order valence-electron chi connectivity index (χ1n) is 12.1. The molecule has 2 aromatic carbocycles. The van der Waals surface area contributed by atoms with Crippen LogP contribution in [0.1, 0.15) is 19.4 Å². The van der Waals surface area contributed by atoms with E-state index in [0.717, 1.165) is 78.1 Å². The van der Waals surface area contributed by atoms with Gasteiger partial charge in [0, 0.05) is 67.7 Å². The molecular formula is C28H33FN6O. The Labute approximate surface area is 212 Å². The second-order valence-corrected chi connectivity index (χ2v) is 8.91. The van der Waals surface area contributed by atoms with Crippen LogP contribution >= 0.6 is 0 Å². The van der Waals surface area contributed by atoms with Crippen molar-refractivity contribution in [3.05, 3.63) is 83.6 Å². The first-order valence-corrected chi connectivity index (χ1v) is 12.1. The Morgan fingerprint density at radius 3 is 2.28 bits per heavy atom. The number of piperazine rings is 1. The van der Waals surface area contributed by atoms with Gasteiger partial charge in [0.25, 0.3) is 0 Å². The highest BCUT2D eigenvalue weighted by Crippen LogP contribution is 2.27. The molecule has 36 heavy (non-hydrogen) atoms. The third-order valence-corrected chi connectivity index (χ3v) is 6.42. The van der Waals surface area contributed by atoms with Crippen molar-refractivity contribution in [3.63, 3.8) is 0 Å². The highest BCUT2D eigenvalue weighted by molar-refractivity contribution is 5.99. The lowest BCUT2D eigenvalue weighted by Crippen LogP contribution is -2.48. The lowest BCUT2D eigenvalue weighted by atomic mass is 10.1. The van der Waals surface area contributed by atoms with E-state index >= 15 is 0 Å². The second kappa shape index (κ2) is 11.8. The molecule has 0 aliphatic carbocycles. The van der Waals surface area contributed by atoms with Gasteiger partial charge >= 0.3 is 0 Å². The van der Waals surface area contributed by atoms with Crippen molar-refractivity contribution >= 4 is 11.5 Å². The lowest BCUT2D eigenvalue weighted by molar-refractivity contribution is 0.280. The number of nitrogens with zero attached hydrogens (tertiary/aromatic N) is 5. The van der Waals surface area contributed by atoms with Gasteiger partial charge in [0.1, 0.15) is 17.3 Å².